The summed E-state index contributed by atoms with van der Waals surface area (Å²) in [5.74, 6) is -2.89. The van der Waals surface area contributed by atoms with Crippen LogP contribution in [0.2, 0.25) is 0 Å². The quantitative estimate of drug-likeness (QED) is 0.736. The maximum absolute atomic E-state index is 12.2. The number of rotatable bonds is 2. The Balaban J connectivity index is 2.21. The van der Waals surface area contributed by atoms with E-state index in [-0.39, 0.29) is 23.8 Å². The zero-order valence-corrected chi connectivity index (χ0v) is 11.9. The number of carbonyl (C=O) groups excluding carboxylic acids is 1. The maximum Gasteiger partial charge on any atom is 0.330 e. The van der Waals surface area contributed by atoms with Gasteiger partial charge in [0.2, 0.25) is 5.91 Å². The lowest BCUT2D eigenvalue weighted by molar-refractivity contribution is -0.140. The molecule has 22 heavy (non-hydrogen) atoms. The molecule has 1 aromatic heterocycles. The number of nitrogens with one attached hydrogen (secondary N) is 2. The molecule has 1 aliphatic heterocycles. The molecule has 1 aliphatic carbocycles. The number of aromatic nitrogens is 2. The molecule has 2 aliphatic rings. The van der Waals surface area contributed by atoms with Crippen LogP contribution in [0, 0.1) is 0 Å². The van der Waals surface area contributed by atoms with Gasteiger partial charge in [-0.1, -0.05) is 19.3 Å². The van der Waals surface area contributed by atoms with Gasteiger partial charge in [-0.25, -0.2) is 4.79 Å². The van der Waals surface area contributed by atoms with Crippen molar-refractivity contribution in [3.05, 3.63) is 26.4 Å². The third kappa shape index (κ3) is 2.34. The zero-order valence-electron chi connectivity index (χ0n) is 11.9. The number of fused-ring (bicyclic) bond motifs is 1. The molecule has 1 saturated carbocycles. The van der Waals surface area contributed by atoms with Crippen LogP contribution in [0.4, 0.5) is 5.82 Å². The van der Waals surface area contributed by atoms with Gasteiger partial charge in [0.25, 0.3) is 5.56 Å². The predicted octanol–water partition coefficient (Wildman–Crippen LogP) is 0.552. The molecule has 8 heteroatoms. The smallest absolute Gasteiger partial charge is 0.330 e. The van der Waals surface area contributed by atoms with E-state index in [1.165, 1.54) is 4.57 Å². The second kappa shape index (κ2) is 5.43. The number of hydrogen-bond acceptors (Lipinski definition) is 4. The van der Waals surface area contributed by atoms with E-state index in [0.29, 0.717) is 0 Å². The van der Waals surface area contributed by atoms with Crippen molar-refractivity contribution >= 4 is 17.7 Å². The van der Waals surface area contributed by atoms with Gasteiger partial charge < -0.3 is 10.4 Å². The Bertz CT molecular complexity index is 742. The summed E-state index contributed by atoms with van der Waals surface area (Å²) in [5.41, 5.74) is -1.36. The van der Waals surface area contributed by atoms with Crippen LogP contribution in [-0.4, -0.2) is 26.5 Å². The molecule has 0 aromatic carbocycles. The standard InChI is InChI=1S/C14H17N3O5/c18-9-6-8(13(20)21)10-11(15-9)17(14(22)16-12(10)19)7-4-2-1-3-5-7/h7-8H,1-6H2,(H,15,18)(H,20,21)(H,16,19,22)/t8-/m1/s1. The van der Waals surface area contributed by atoms with Gasteiger partial charge in [-0.2, -0.15) is 0 Å². The number of H-pyrrole nitrogens is 1. The Labute approximate surface area is 125 Å². The Kier molecular flexibility index (Phi) is 3.59. The first-order valence-corrected chi connectivity index (χ1v) is 7.40. The number of nitrogens with zero attached hydrogens (tertiary/aromatic N) is 1. The van der Waals surface area contributed by atoms with Crippen molar-refractivity contribution in [2.75, 3.05) is 5.32 Å². The fourth-order valence-electron chi connectivity index (χ4n) is 3.38. The van der Waals surface area contributed by atoms with Crippen molar-refractivity contribution in [2.24, 2.45) is 0 Å². The third-order valence-corrected chi connectivity index (χ3v) is 4.41. The monoisotopic (exact) mass is 307 g/mol. The number of aliphatic carboxylic acids is 1. The molecule has 2 heterocycles. The van der Waals surface area contributed by atoms with E-state index in [1.807, 2.05) is 0 Å². The van der Waals surface area contributed by atoms with Crippen molar-refractivity contribution in [3.8, 4) is 0 Å². The number of hydrogen-bond donors (Lipinski definition) is 3. The molecule has 1 aromatic rings. The van der Waals surface area contributed by atoms with E-state index in [2.05, 4.69) is 10.3 Å². The first kappa shape index (κ1) is 14.6. The van der Waals surface area contributed by atoms with Crippen LogP contribution in [0.5, 0.6) is 0 Å². The molecule has 1 fully saturated rings. The van der Waals surface area contributed by atoms with Crippen LogP contribution < -0.4 is 16.6 Å². The number of aromatic amines is 1. The normalized spacial score (nSPS) is 22.0. The highest BCUT2D eigenvalue weighted by molar-refractivity contribution is 5.98. The van der Waals surface area contributed by atoms with Crippen LogP contribution in [-0.2, 0) is 9.59 Å². The van der Waals surface area contributed by atoms with E-state index in [9.17, 15) is 24.3 Å². The van der Waals surface area contributed by atoms with E-state index < -0.39 is 29.0 Å². The Morgan fingerprint density at radius 1 is 1.14 bits per heavy atom. The highest BCUT2D eigenvalue weighted by Crippen LogP contribution is 2.34. The van der Waals surface area contributed by atoms with Gasteiger partial charge in [-0.3, -0.25) is 23.9 Å². The van der Waals surface area contributed by atoms with Crippen molar-refractivity contribution in [3.63, 3.8) is 0 Å². The molecule has 0 bridgehead atoms. The largest absolute Gasteiger partial charge is 0.481 e. The maximum atomic E-state index is 12.2. The Morgan fingerprint density at radius 3 is 2.45 bits per heavy atom. The zero-order chi connectivity index (χ0) is 15.9. The molecular formula is C14H17N3O5. The number of carbonyl (C=O) groups is 2. The Morgan fingerprint density at radius 2 is 1.82 bits per heavy atom. The van der Waals surface area contributed by atoms with E-state index in [0.717, 1.165) is 32.1 Å². The number of amides is 1. The minimum Gasteiger partial charge on any atom is -0.481 e. The lowest BCUT2D eigenvalue weighted by atomic mass is 9.91. The fraction of sp³-hybridized carbons (Fsp3) is 0.571. The third-order valence-electron chi connectivity index (χ3n) is 4.41. The molecule has 0 spiro atoms. The molecule has 3 rings (SSSR count). The minimum atomic E-state index is -1.24. The number of carboxylic acid groups (broad SMARTS) is 1. The molecule has 1 atom stereocenters. The van der Waals surface area contributed by atoms with Crippen molar-refractivity contribution < 1.29 is 14.7 Å². The minimum absolute atomic E-state index is 0.0303. The topological polar surface area (TPSA) is 121 Å². The summed E-state index contributed by atoms with van der Waals surface area (Å²) in [7, 11) is 0. The average Bonchev–Trinajstić information content (AvgIpc) is 2.47. The molecule has 0 unspecified atom stereocenters. The summed E-state index contributed by atoms with van der Waals surface area (Å²) >= 11 is 0. The van der Waals surface area contributed by atoms with Gasteiger partial charge in [-0.15, -0.1) is 0 Å². The van der Waals surface area contributed by atoms with Crippen LogP contribution in [0.15, 0.2) is 9.59 Å². The lowest BCUT2D eigenvalue weighted by Gasteiger charge is -2.30. The summed E-state index contributed by atoms with van der Waals surface area (Å²) < 4.78 is 1.36. The van der Waals surface area contributed by atoms with Gasteiger partial charge in [0.05, 0.1) is 11.5 Å². The van der Waals surface area contributed by atoms with E-state index >= 15 is 0 Å². The lowest BCUT2D eigenvalue weighted by Crippen LogP contribution is -2.43. The van der Waals surface area contributed by atoms with Gasteiger partial charge >= 0.3 is 11.7 Å². The van der Waals surface area contributed by atoms with Gasteiger partial charge in [0.1, 0.15) is 5.82 Å². The van der Waals surface area contributed by atoms with Crippen molar-refractivity contribution in [1.29, 1.82) is 0 Å². The van der Waals surface area contributed by atoms with Crippen LogP contribution in [0.3, 0.4) is 0 Å². The molecular weight excluding hydrogens is 290 g/mol. The highest BCUT2D eigenvalue weighted by Gasteiger charge is 2.36. The van der Waals surface area contributed by atoms with Crippen molar-refractivity contribution in [1.82, 2.24) is 9.55 Å². The second-order valence-electron chi connectivity index (χ2n) is 5.83. The molecule has 3 N–H and O–H groups in total. The molecule has 8 nitrogen and oxygen atoms in total. The highest BCUT2D eigenvalue weighted by atomic mass is 16.4. The summed E-state index contributed by atoms with van der Waals surface area (Å²) in [6.45, 7) is 0. The first-order valence-electron chi connectivity index (χ1n) is 7.40. The first-order chi connectivity index (χ1) is 10.5. The van der Waals surface area contributed by atoms with Gasteiger partial charge in [-0.05, 0) is 12.8 Å². The van der Waals surface area contributed by atoms with Crippen LogP contribution >= 0.6 is 0 Å². The number of carboxylic acids is 1. The SMILES string of the molecule is O=C1C[C@@H](C(=O)O)c2c(n(C3CCCCC3)c(=O)[nH]c2=O)N1. The molecule has 0 radical (unpaired) electrons. The van der Waals surface area contributed by atoms with Crippen LogP contribution in [0.1, 0.15) is 56.0 Å². The van der Waals surface area contributed by atoms with E-state index in [1.54, 1.807) is 0 Å². The summed E-state index contributed by atoms with van der Waals surface area (Å²) in [5, 5.41) is 11.8. The molecule has 0 saturated heterocycles. The predicted molar refractivity (Wildman–Crippen MR) is 77.1 cm³/mol. The van der Waals surface area contributed by atoms with Crippen molar-refractivity contribution in [2.45, 2.75) is 50.5 Å². The number of anilines is 1. The second-order valence-corrected chi connectivity index (χ2v) is 5.83. The van der Waals surface area contributed by atoms with Crippen LogP contribution in [0.25, 0.3) is 0 Å². The molecule has 118 valence electrons. The Hall–Kier alpha value is -2.38. The summed E-state index contributed by atoms with van der Waals surface area (Å²) in [6, 6.07) is -0.125. The van der Waals surface area contributed by atoms with Gasteiger partial charge in [0, 0.05) is 12.5 Å². The van der Waals surface area contributed by atoms with Gasteiger partial charge in [0.15, 0.2) is 0 Å². The van der Waals surface area contributed by atoms with E-state index in [4.69, 9.17) is 0 Å². The molecule has 1 amide bonds. The summed E-state index contributed by atoms with van der Waals surface area (Å²) in [6.07, 6.45) is 4.25. The average molecular weight is 307 g/mol. The fourth-order valence-corrected chi connectivity index (χ4v) is 3.38. The summed E-state index contributed by atoms with van der Waals surface area (Å²) in [4.78, 5) is 49.6.